The molecule has 3 fully saturated rings. The van der Waals surface area contributed by atoms with E-state index < -0.39 is 8.32 Å². The van der Waals surface area contributed by atoms with Gasteiger partial charge in [0, 0.05) is 31.0 Å². The van der Waals surface area contributed by atoms with E-state index in [0.29, 0.717) is 19.6 Å². The van der Waals surface area contributed by atoms with Crippen molar-refractivity contribution in [2.45, 2.75) is 76.7 Å². The first-order valence-corrected chi connectivity index (χ1v) is 20.0. The number of hydrogen-bond acceptors (Lipinski definition) is 5. The summed E-state index contributed by atoms with van der Waals surface area (Å²) in [4.78, 5) is 13.1. The molecule has 2 aliphatic heterocycles. The van der Waals surface area contributed by atoms with Crippen LogP contribution in [0.4, 0.5) is 0 Å². The van der Waals surface area contributed by atoms with Gasteiger partial charge in [0.2, 0.25) is 0 Å². The van der Waals surface area contributed by atoms with Gasteiger partial charge in [-0.05, 0) is 70.1 Å². The lowest BCUT2D eigenvalue weighted by Gasteiger charge is -2.45. The van der Waals surface area contributed by atoms with Crippen LogP contribution in [0.3, 0.4) is 0 Å². The van der Waals surface area contributed by atoms with Crippen LogP contribution < -0.4 is 10.4 Å². The van der Waals surface area contributed by atoms with E-state index in [-0.39, 0.29) is 40.7 Å². The molecular formula is C43H50O5Si. The van der Waals surface area contributed by atoms with Gasteiger partial charge in [0.25, 0.3) is 8.32 Å². The summed E-state index contributed by atoms with van der Waals surface area (Å²) >= 11 is 0. The maximum absolute atomic E-state index is 13.1. The average molecular weight is 675 g/mol. The van der Waals surface area contributed by atoms with Gasteiger partial charge in [-0.25, -0.2) is 0 Å². The minimum Gasteiger partial charge on any atom is -0.465 e. The van der Waals surface area contributed by atoms with Gasteiger partial charge >= 0.3 is 5.97 Å². The van der Waals surface area contributed by atoms with Crippen molar-refractivity contribution in [2.24, 2.45) is 17.3 Å². The normalized spacial score (nSPS) is 25.8. The summed E-state index contributed by atoms with van der Waals surface area (Å²) in [6.07, 6.45) is 4.73. The lowest BCUT2D eigenvalue weighted by molar-refractivity contribution is -0.197. The number of cyclic esters (lactones) is 1. The van der Waals surface area contributed by atoms with E-state index in [4.69, 9.17) is 18.6 Å². The number of esters is 1. The van der Waals surface area contributed by atoms with Gasteiger partial charge in [0.05, 0.1) is 12.7 Å². The molecule has 0 N–H and O–H groups in total. The van der Waals surface area contributed by atoms with Crippen molar-refractivity contribution in [3.05, 3.63) is 121 Å². The smallest absolute Gasteiger partial charge is 0.306 e. The Morgan fingerprint density at radius 2 is 1.41 bits per heavy atom. The third-order valence-corrected chi connectivity index (χ3v) is 16.3. The van der Waals surface area contributed by atoms with E-state index >= 15 is 0 Å². The maximum Gasteiger partial charge on any atom is 0.306 e. The number of carbonyl (C=O) groups is 1. The fraction of sp³-hybridized carbons (Fsp3) is 0.419. The summed E-state index contributed by atoms with van der Waals surface area (Å²) in [5.74, 6) is -0.0389. The third kappa shape index (κ3) is 6.94. The largest absolute Gasteiger partial charge is 0.465 e. The van der Waals surface area contributed by atoms with Crippen LogP contribution in [0.5, 0.6) is 0 Å². The van der Waals surface area contributed by atoms with Gasteiger partial charge in [-0.1, -0.05) is 136 Å². The second kappa shape index (κ2) is 14.4. The molecule has 49 heavy (non-hydrogen) atoms. The van der Waals surface area contributed by atoms with E-state index in [1.54, 1.807) is 0 Å². The Labute approximate surface area is 293 Å². The first-order valence-electron chi connectivity index (χ1n) is 18.1. The van der Waals surface area contributed by atoms with E-state index in [1.807, 2.05) is 6.07 Å². The van der Waals surface area contributed by atoms with Crippen LogP contribution in [0.1, 0.15) is 58.4 Å². The number of carbonyl (C=O) groups excluding carboxylic acids is 1. The predicted octanol–water partition coefficient (Wildman–Crippen LogP) is 7.95. The molecule has 0 aromatic heterocycles. The molecule has 5 nitrogen and oxygen atoms in total. The molecule has 2 heterocycles. The zero-order valence-corrected chi connectivity index (χ0v) is 30.2. The molecule has 5 atom stereocenters. The minimum absolute atomic E-state index is 0.0172. The number of fused-ring (bicyclic) bond motifs is 1. The second-order valence-electron chi connectivity index (χ2n) is 15.4. The second-order valence-corrected chi connectivity index (χ2v) is 19.7. The summed E-state index contributed by atoms with van der Waals surface area (Å²) in [5, 5.41) is 2.36. The zero-order chi connectivity index (χ0) is 33.9. The monoisotopic (exact) mass is 674 g/mol. The average Bonchev–Trinajstić information content (AvgIpc) is 3.41. The summed E-state index contributed by atoms with van der Waals surface area (Å²) < 4.78 is 26.6. The van der Waals surface area contributed by atoms with Gasteiger partial charge < -0.3 is 18.6 Å². The van der Waals surface area contributed by atoms with Gasteiger partial charge in [0.15, 0.2) is 6.29 Å². The third-order valence-electron chi connectivity index (χ3n) is 11.3. The van der Waals surface area contributed by atoms with Crippen molar-refractivity contribution < 1.29 is 23.4 Å². The topological polar surface area (TPSA) is 54.0 Å². The van der Waals surface area contributed by atoms with Crippen molar-refractivity contribution in [3.63, 3.8) is 0 Å². The standard InChI is InChI=1S/C43H50O5Si/c1-42(2,3)49(35-17-9-5-10-18-35,36-19-11-6-12-20-36)47-30-37-38-27-40(44)46-31-43(38,29-39(37)48-41-21-13-14-26-45-41)28-32-22-24-34(25-23-32)33-15-7-4-8-16-33/h4-12,15-20,22-25,37-39,41H,13-14,21,26-31H2,1-3H3/t37-,38-,39-,41?,43-/m1/s1. The van der Waals surface area contributed by atoms with E-state index in [0.717, 1.165) is 38.7 Å². The molecule has 6 heteroatoms. The Morgan fingerprint density at radius 3 is 2.00 bits per heavy atom. The summed E-state index contributed by atoms with van der Waals surface area (Å²) in [6, 6.07) is 41.0. The van der Waals surface area contributed by atoms with Gasteiger partial charge in [-0.15, -0.1) is 0 Å². The quantitative estimate of drug-likeness (QED) is 0.126. The van der Waals surface area contributed by atoms with Gasteiger partial charge in [0.1, 0.15) is 0 Å². The Morgan fingerprint density at radius 1 is 0.796 bits per heavy atom. The van der Waals surface area contributed by atoms with Gasteiger partial charge in [-0.2, -0.15) is 0 Å². The van der Waals surface area contributed by atoms with Crippen molar-refractivity contribution in [3.8, 4) is 11.1 Å². The first kappa shape index (κ1) is 33.9. The van der Waals surface area contributed by atoms with Crippen LogP contribution >= 0.6 is 0 Å². The van der Waals surface area contributed by atoms with E-state index in [1.165, 1.54) is 27.1 Å². The lowest BCUT2D eigenvalue weighted by Crippen LogP contribution is -2.67. The molecule has 4 aromatic carbocycles. The molecule has 4 aromatic rings. The fourth-order valence-electron chi connectivity index (χ4n) is 8.89. The highest BCUT2D eigenvalue weighted by molar-refractivity contribution is 6.99. The molecular weight excluding hydrogens is 625 g/mol. The highest BCUT2D eigenvalue weighted by Gasteiger charge is 2.59. The van der Waals surface area contributed by atoms with Crippen molar-refractivity contribution in [2.75, 3.05) is 19.8 Å². The Kier molecular flexibility index (Phi) is 9.94. The molecule has 1 aliphatic carbocycles. The number of ether oxygens (including phenoxy) is 3. The number of rotatable bonds is 10. The van der Waals surface area contributed by atoms with Crippen LogP contribution in [0.15, 0.2) is 115 Å². The Bertz CT molecular complexity index is 1630. The maximum atomic E-state index is 13.1. The fourth-order valence-corrected chi connectivity index (χ4v) is 13.5. The van der Waals surface area contributed by atoms with Crippen LogP contribution in [-0.2, 0) is 29.9 Å². The number of hydrogen-bond donors (Lipinski definition) is 0. The van der Waals surface area contributed by atoms with Crippen LogP contribution in [0.2, 0.25) is 5.04 Å². The highest BCUT2D eigenvalue weighted by atomic mass is 28.4. The first-order chi connectivity index (χ1) is 23.8. The molecule has 1 saturated carbocycles. The van der Waals surface area contributed by atoms with Crippen LogP contribution in [0.25, 0.3) is 11.1 Å². The molecule has 2 saturated heterocycles. The van der Waals surface area contributed by atoms with E-state index in [9.17, 15) is 4.79 Å². The molecule has 1 unspecified atom stereocenters. The molecule has 0 spiro atoms. The van der Waals surface area contributed by atoms with Gasteiger partial charge in [-0.3, -0.25) is 4.79 Å². The van der Waals surface area contributed by atoms with Crippen molar-refractivity contribution in [1.82, 2.24) is 0 Å². The molecule has 0 bridgehead atoms. The molecule has 0 radical (unpaired) electrons. The van der Waals surface area contributed by atoms with E-state index in [2.05, 4.69) is 130 Å². The zero-order valence-electron chi connectivity index (χ0n) is 29.2. The molecule has 0 amide bonds. The van der Waals surface area contributed by atoms with Crippen molar-refractivity contribution >= 4 is 24.7 Å². The Balaban J connectivity index is 1.24. The summed E-state index contributed by atoms with van der Waals surface area (Å²) in [5.41, 5.74) is 3.41. The molecule has 3 aliphatic rings. The SMILES string of the molecule is CC(C)(C)[Si](OC[C@@H]1[C@H]2CC(=O)OC[C@@]2(Cc2ccc(-c3ccccc3)cc2)C[C@H]1OC1CCCCO1)(c1ccccc1)c1ccccc1. The van der Waals surface area contributed by atoms with Crippen LogP contribution in [0, 0.1) is 17.3 Å². The summed E-state index contributed by atoms with van der Waals surface area (Å²) in [6.45, 7) is 8.59. The lowest BCUT2D eigenvalue weighted by atomic mass is 9.69. The minimum atomic E-state index is -2.81. The summed E-state index contributed by atoms with van der Waals surface area (Å²) in [7, 11) is -2.81. The van der Waals surface area contributed by atoms with Crippen molar-refractivity contribution in [1.29, 1.82) is 0 Å². The molecule has 256 valence electrons. The predicted molar refractivity (Wildman–Crippen MR) is 197 cm³/mol. The van der Waals surface area contributed by atoms with Crippen LogP contribution in [-0.4, -0.2) is 46.5 Å². The molecule has 7 rings (SSSR count). The highest BCUT2D eigenvalue weighted by Crippen LogP contribution is 2.55. The Hall–Kier alpha value is -3.55. The number of benzene rings is 4.